The molecule has 1 rings (SSSR count). The van der Waals surface area contributed by atoms with Crippen molar-refractivity contribution in [1.82, 2.24) is 9.55 Å². The lowest BCUT2D eigenvalue weighted by molar-refractivity contribution is 0.249. The number of unbranched alkanes of at least 4 members (excludes halogenated alkanes) is 1. The molecule has 0 unspecified atom stereocenters. The van der Waals surface area contributed by atoms with Gasteiger partial charge in [0, 0.05) is 18.8 Å². The van der Waals surface area contributed by atoms with Crippen LogP contribution in [-0.2, 0) is 6.42 Å². The predicted octanol–water partition coefficient (Wildman–Crippen LogP) is 1.15. The number of amides is 1. The number of hydrogen-bond donors (Lipinski definition) is 1. The van der Waals surface area contributed by atoms with E-state index in [2.05, 4.69) is 11.9 Å². The summed E-state index contributed by atoms with van der Waals surface area (Å²) in [6, 6.07) is -0.460. The maximum Gasteiger partial charge on any atom is 0.324 e. The summed E-state index contributed by atoms with van der Waals surface area (Å²) < 4.78 is 1.38. The van der Waals surface area contributed by atoms with E-state index in [1.165, 1.54) is 4.57 Å². The average molecular weight is 167 g/mol. The standard InChI is InChI=1S/C8H13N3O/c1-2-3-4-7-10-5-6-11(7)8(9)12/h5-6H,2-4H2,1H3,(H2,9,12). The van der Waals surface area contributed by atoms with E-state index in [1.807, 2.05) is 0 Å². The number of rotatable bonds is 3. The van der Waals surface area contributed by atoms with Crippen molar-refractivity contribution in [3.63, 3.8) is 0 Å². The normalized spacial score (nSPS) is 10.1. The van der Waals surface area contributed by atoms with E-state index >= 15 is 0 Å². The Morgan fingerprint density at radius 1 is 1.75 bits per heavy atom. The molecule has 0 aromatic carbocycles. The summed E-state index contributed by atoms with van der Waals surface area (Å²) in [6.45, 7) is 2.09. The van der Waals surface area contributed by atoms with Gasteiger partial charge in [0.25, 0.3) is 0 Å². The van der Waals surface area contributed by atoms with Crippen LogP contribution in [0.1, 0.15) is 25.6 Å². The third-order valence-corrected chi connectivity index (χ3v) is 1.71. The molecule has 1 aromatic rings. The highest BCUT2D eigenvalue weighted by Gasteiger charge is 2.05. The SMILES string of the molecule is CCCCc1nccn1C(N)=O. The molecule has 0 radical (unpaired) electrons. The zero-order valence-electron chi connectivity index (χ0n) is 7.16. The maximum atomic E-state index is 10.8. The molecule has 0 atom stereocenters. The van der Waals surface area contributed by atoms with Gasteiger partial charge in [-0.25, -0.2) is 9.78 Å². The summed E-state index contributed by atoms with van der Waals surface area (Å²) in [6.07, 6.45) is 6.12. The van der Waals surface area contributed by atoms with E-state index in [4.69, 9.17) is 5.73 Å². The van der Waals surface area contributed by atoms with Gasteiger partial charge in [-0.1, -0.05) is 13.3 Å². The van der Waals surface area contributed by atoms with Gasteiger partial charge < -0.3 is 5.73 Å². The van der Waals surface area contributed by atoms with Crippen LogP contribution in [0.25, 0.3) is 0 Å². The maximum absolute atomic E-state index is 10.8. The Morgan fingerprint density at radius 3 is 3.08 bits per heavy atom. The van der Waals surface area contributed by atoms with Crippen LogP contribution in [0.4, 0.5) is 4.79 Å². The first-order valence-electron chi connectivity index (χ1n) is 4.07. The number of hydrogen-bond acceptors (Lipinski definition) is 2. The number of aromatic nitrogens is 2. The van der Waals surface area contributed by atoms with Crippen molar-refractivity contribution in [2.24, 2.45) is 5.73 Å². The summed E-state index contributed by atoms with van der Waals surface area (Å²) in [7, 11) is 0. The number of carbonyl (C=O) groups is 1. The monoisotopic (exact) mass is 167 g/mol. The fourth-order valence-electron chi connectivity index (χ4n) is 1.05. The molecule has 0 aliphatic rings. The molecule has 0 saturated carbocycles. The van der Waals surface area contributed by atoms with Crippen molar-refractivity contribution in [2.45, 2.75) is 26.2 Å². The largest absolute Gasteiger partial charge is 0.351 e. The molecule has 4 heteroatoms. The average Bonchev–Trinajstić information content (AvgIpc) is 2.48. The van der Waals surface area contributed by atoms with Gasteiger partial charge in [0.05, 0.1) is 0 Å². The molecule has 1 amide bonds. The molecule has 12 heavy (non-hydrogen) atoms. The van der Waals surface area contributed by atoms with Gasteiger partial charge in [-0.3, -0.25) is 4.57 Å². The number of aryl methyl sites for hydroxylation is 1. The van der Waals surface area contributed by atoms with E-state index in [9.17, 15) is 4.79 Å². The van der Waals surface area contributed by atoms with Crippen LogP contribution in [0, 0.1) is 0 Å². The molecule has 0 fully saturated rings. The van der Waals surface area contributed by atoms with Gasteiger partial charge in [0.15, 0.2) is 0 Å². The summed E-state index contributed by atoms with van der Waals surface area (Å²) in [5.41, 5.74) is 5.11. The Kier molecular flexibility index (Phi) is 2.85. The van der Waals surface area contributed by atoms with E-state index < -0.39 is 6.03 Å². The molecule has 2 N–H and O–H groups in total. The first-order valence-corrected chi connectivity index (χ1v) is 4.07. The molecule has 0 aliphatic carbocycles. The fraction of sp³-hybridized carbons (Fsp3) is 0.500. The molecule has 0 saturated heterocycles. The number of imidazole rings is 1. The molecule has 0 bridgehead atoms. The second-order valence-corrected chi connectivity index (χ2v) is 2.66. The smallest absolute Gasteiger partial charge is 0.324 e. The second-order valence-electron chi connectivity index (χ2n) is 2.66. The van der Waals surface area contributed by atoms with Crippen LogP contribution < -0.4 is 5.73 Å². The zero-order chi connectivity index (χ0) is 8.97. The minimum atomic E-state index is -0.460. The van der Waals surface area contributed by atoms with E-state index in [-0.39, 0.29) is 0 Å². The van der Waals surface area contributed by atoms with Gasteiger partial charge in [-0.05, 0) is 6.42 Å². The summed E-state index contributed by atoms with van der Waals surface area (Å²) in [5.74, 6) is 0.754. The van der Waals surface area contributed by atoms with Gasteiger partial charge >= 0.3 is 6.03 Å². The Bertz CT molecular complexity index is 267. The first-order chi connectivity index (χ1) is 5.75. The molecular formula is C8H13N3O. The Morgan fingerprint density at radius 2 is 2.50 bits per heavy atom. The van der Waals surface area contributed by atoms with Crippen molar-refractivity contribution < 1.29 is 4.79 Å². The van der Waals surface area contributed by atoms with Crippen LogP contribution in [0.3, 0.4) is 0 Å². The summed E-state index contributed by atoms with van der Waals surface area (Å²) in [5, 5.41) is 0. The molecule has 0 spiro atoms. The Labute approximate surface area is 71.4 Å². The number of nitrogens with zero attached hydrogens (tertiary/aromatic N) is 2. The highest BCUT2D eigenvalue weighted by Crippen LogP contribution is 2.01. The van der Waals surface area contributed by atoms with Crippen LogP contribution in [0.15, 0.2) is 12.4 Å². The highest BCUT2D eigenvalue weighted by molar-refractivity contribution is 5.75. The summed E-state index contributed by atoms with van der Waals surface area (Å²) >= 11 is 0. The minimum absolute atomic E-state index is 0.460. The minimum Gasteiger partial charge on any atom is -0.351 e. The van der Waals surface area contributed by atoms with Gasteiger partial charge in [0.2, 0.25) is 0 Å². The van der Waals surface area contributed by atoms with Gasteiger partial charge in [0.1, 0.15) is 5.82 Å². The lowest BCUT2D eigenvalue weighted by Crippen LogP contribution is -2.21. The van der Waals surface area contributed by atoms with E-state index in [0.29, 0.717) is 0 Å². The summed E-state index contributed by atoms with van der Waals surface area (Å²) in [4.78, 5) is 14.8. The third kappa shape index (κ3) is 1.84. The molecule has 0 aliphatic heterocycles. The number of primary amides is 1. The van der Waals surface area contributed by atoms with Crippen molar-refractivity contribution in [3.05, 3.63) is 18.2 Å². The Hall–Kier alpha value is -1.32. The first kappa shape index (κ1) is 8.77. The lowest BCUT2D eigenvalue weighted by Gasteiger charge is -2.00. The van der Waals surface area contributed by atoms with Crippen molar-refractivity contribution >= 4 is 6.03 Å². The fourth-order valence-corrected chi connectivity index (χ4v) is 1.05. The van der Waals surface area contributed by atoms with E-state index in [0.717, 1.165) is 25.1 Å². The quantitative estimate of drug-likeness (QED) is 0.734. The van der Waals surface area contributed by atoms with Gasteiger partial charge in [-0.2, -0.15) is 0 Å². The van der Waals surface area contributed by atoms with Crippen molar-refractivity contribution in [2.75, 3.05) is 0 Å². The second kappa shape index (κ2) is 3.90. The topological polar surface area (TPSA) is 60.9 Å². The predicted molar refractivity (Wildman–Crippen MR) is 45.8 cm³/mol. The van der Waals surface area contributed by atoms with Crippen LogP contribution in [0.5, 0.6) is 0 Å². The van der Waals surface area contributed by atoms with Crippen LogP contribution in [0.2, 0.25) is 0 Å². The third-order valence-electron chi connectivity index (χ3n) is 1.71. The van der Waals surface area contributed by atoms with Crippen molar-refractivity contribution in [1.29, 1.82) is 0 Å². The number of carbonyl (C=O) groups excluding carboxylic acids is 1. The number of nitrogens with two attached hydrogens (primary N) is 1. The molecule has 4 nitrogen and oxygen atoms in total. The van der Waals surface area contributed by atoms with Crippen molar-refractivity contribution in [3.8, 4) is 0 Å². The molecular weight excluding hydrogens is 154 g/mol. The van der Waals surface area contributed by atoms with Gasteiger partial charge in [-0.15, -0.1) is 0 Å². The highest BCUT2D eigenvalue weighted by atomic mass is 16.2. The lowest BCUT2D eigenvalue weighted by atomic mass is 10.2. The molecule has 1 aromatic heterocycles. The Balaban J connectivity index is 2.70. The van der Waals surface area contributed by atoms with E-state index in [1.54, 1.807) is 12.4 Å². The van der Waals surface area contributed by atoms with Crippen LogP contribution in [-0.4, -0.2) is 15.6 Å². The zero-order valence-corrected chi connectivity index (χ0v) is 7.16. The van der Waals surface area contributed by atoms with Crippen LogP contribution >= 0.6 is 0 Å². The molecule has 1 heterocycles. The molecule has 66 valence electrons.